The third-order valence-electron chi connectivity index (χ3n) is 4.52. The fraction of sp³-hybridized carbons (Fsp3) is 0.500. The zero-order valence-electron chi connectivity index (χ0n) is 16.2. The topological polar surface area (TPSA) is 134 Å². The maximum atomic E-state index is 9.78. The zero-order valence-corrected chi connectivity index (χ0v) is 16.2. The van der Waals surface area contributed by atoms with Crippen molar-refractivity contribution in [3.8, 4) is 11.5 Å². The minimum absolute atomic E-state index is 0.00310. The van der Waals surface area contributed by atoms with Crippen molar-refractivity contribution < 1.29 is 34.6 Å². The van der Waals surface area contributed by atoms with Gasteiger partial charge in [0.1, 0.15) is 24.7 Å². The summed E-state index contributed by atoms with van der Waals surface area (Å²) < 4.78 is 16.9. The van der Waals surface area contributed by atoms with E-state index in [-0.39, 0.29) is 52.9 Å². The molecule has 0 atom stereocenters. The van der Waals surface area contributed by atoms with E-state index in [1.807, 2.05) is 0 Å². The Morgan fingerprint density at radius 2 is 1.07 bits per heavy atom. The Balaban J connectivity index is 1.92. The van der Waals surface area contributed by atoms with Crippen LogP contribution >= 0.6 is 0 Å². The number of nitrogens with zero attached hydrogens (tertiary/aromatic N) is 2. The minimum atomic E-state index is -1.06. The summed E-state index contributed by atoms with van der Waals surface area (Å²) in [7, 11) is 0. The second kappa shape index (κ2) is 11.6. The third-order valence-corrected chi connectivity index (χ3v) is 4.52. The van der Waals surface area contributed by atoms with Crippen molar-refractivity contribution in [3.05, 3.63) is 49.1 Å². The molecule has 160 valence electrons. The number of rotatable bonds is 14. The maximum Gasteiger partial charge on any atom is 0.137 e. The molecular formula is C20H28N2O7. The smallest absolute Gasteiger partial charge is 0.137 e. The van der Waals surface area contributed by atoms with Gasteiger partial charge in [-0.25, -0.2) is 0 Å². The van der Waals surface area contributed by atoms with Gasteiger partial charge >= 0.3 is 0 Å². The predicted octanol–water partition coefficient (Wildman–Crippen LogP) is -0.107. The van der Waals surface area contributed by atoms with Crippen LogP contribution in [-0.2, 0) is 4.74 Å². The normalized spacial score (nSPS) is 12.0. The summed E-state index contributed by atoms with van der Waals surface area (Å²) in [5.41, 5.74) is -2.12. The molecule has 4 N–H and O–H groups in total. The van der Waals surface area contributed by atoms with Crippen molar-refractivity contribution in [2.75, 3.05) is 52.9 Å². The van der Waals surface area contributed by atoms with Crippen LogP contribution in [0.1, 0.15) is 0 Å². The van der Waals surface area contributed by atoms with E-state index in [4.69, 9.17) is 14.2 Å². The number of aromatic nitrogens is 2. The van der Waals surface area contributed by atoms with Crippen LogP contribution in [-0.4, -0.2) is 83.2 Å². The van der Waals surface area contributed by atoms with E-state index in [0.717, 1.165) is 0 Å². The first-order valence-electron chi connectivity index (χ1n) is 9.18. The molecule has 0 aliphatic carbocycles. The highest BCUT2D eigenvalue weighted by atomic mass is 16.5. The van der Waals surface area contributed by atoms with Crippen LogP contribution < -0.4 is 9.47 Å². The lowest BCUT2D eigenvalue weighted by Gasteiger charge is -2.33. The van der Waals surface area contributed by atoms with Crippen LogP contribution in [0.4, 0.5) is 0 Å². The first kappa shape index (κ1) is 23.0. The molecule has 0 bridgehead atoms. The number of aliphatic hydroxyl groups excluding tert-OH is 4. The maximum absolute atomic E-state index is 9.78. The van der Waals surface area contributed by atoms with Gasteiger partial charge in [-0.3, -0.25) is 9.97 Å². The van der Waals surface area contributed by atoms with E-state index in [1.165, 1.54) is 12.4 Å². The first-order valence-corrected chi connectivity index (χ1v) is 9.18. The third kappa shape index (κ3) is 6.91. The van der Waals surface area contributed by atoms with Crippen LogP contribution in [0.5, 0.6) is 11.5 Å². The summed E-state index contributed by atoms with van der Waals surface area (Å²) in [6, 6.07) is 6.85. The molecule has 2 rings (SSSR count). The van der Waals surface area contributed by atoms with E-state index in [9.17, 15) is 20.4 Å². The largest absolute Gasteiger partial charge is 0.491 e. The highest BCUT2D eigenvalue weighted by Gasteiger charge is 2.35. The number of hydrogen-bond donors (Lipinski definition) is 4. The van der Waals surface area contributed by atoms with E-state index >= 15 is 0 Å². The average molecular weight is 408 g/mol. The minimum Gasteiger partial charge on any atom is -0.491 e. The van der Waals surface area contributed by atoms with E-state index in [0.29, 0.717) is 11.5 Å². The van der Waals surface area contributed by atoms with E-state index in [1.54, 1.807) is 36.7 Å². The lowest BCUT2D eigenvalue weighted by molar-refractivity contribution is -0.0976. The highest BCUT2D eigenvalue weighted by Crippen LogP contribution is 2.23. The molecule has 0 spiro atoms. The fourth-order valence-corrected chi connectivity index (χ4v) is 2.37. The lowest BCUT2D eigenvalue weighted by Crippen LogP contribution is -2.45. The van der Waals surface area contributed by atoms with Gasteiger partial charge in [-0.15, -0.1) is 0 Å². The molecule has 29 heavy (non-hydrogen) atoms. The van der Waals surface area contributed by atoms with Crippen LogP contribution in [0.25, 0.3) is 0 Å². The summed E-state index contributed by atoms with van der Waals surface area (Å²) in [5, 5.41) is 39.1. The van der Waals surface area contributed by atoms with Crippen molar-refractivity contribution in [2.24, 2.45) is 10.8 Å². The molecule has 2 heterocycles. The Labute approximate surface area is 169 Å². The molecule has 0 amide bonds. The summed E-state index contributed by atoms with van der Waals surface area (Å²) in [5.74, 6) is 1.01. The first-order chi connectivity index (χ1) is 14.1. The van der Waals surface area contributed by atoms with Crippen molar-refractivity contribution in [1.82, 2.24) is 9.97 Å². The van der Waals surface area contributed by atoms with Gasteiger partial charge in [0, 0.05) is 12.4 Å². The summed E-state index contributed by atoms with van der Waals surface area (Å²) >= 11 is 0. The fourth-order valence-electron chi connectivity index (χ4n) is 2.37. The molecule has 0 radical (unpaired) electrons. The van der Waals surface area contributed by atoms with Crippen molar-refractivity contribution in [3.63, 3.8) is 0 Å². The van der Waals surface area contributed by atoms with Crippen LogP contribution in [0.2, 0.25) is 0 Å². The predicted molar refractivity (Wildman–Crippen MR) is 103 cm³/mol. The van der Waals surface area contributed by atoms with Gasteiger partial charge in [0.05, 0.1) is 62.9 Å². The molecule has 2 aromatic rings. The number of ether oxygens (including phenoxy) is 3. The van der Waals surface area contributed by atoms with E-state index in [2.05, 4.69) is 9.97 Å². The van der Waals surface area contributed by atoms with Crippen LogP contribution in [0.3, 0.4) is 0 Å². The summed E-state index contributed by atoms with van der Waals surface area (Å²) in [6.07, 6.45) is 6.27. The number of aliphatic hydroxyl groups is 4. The van der Waals surface area contributed by atoms with Gasteiger partial charge in [-0.1, -0.05) is 0 Å². The molecule has 0 aliphatic rings. The SMILES string of the molecule is OCC(CO)(COCC(CO)(CO)COc1cccnc1)COc1cccnc1. The Kier molecular flexibility index (Phi) is 9.23. The second-order valence-electron chi connectivity index (χ2n) is 7.08. The average Bonchev–Trinajstić information content (AvgIpc) is 2.80. The molecule has 9 heteroatoms. The molecule has 0 saturated carbocycles. The molecule has 0 aliphatic heterocycles. The number of pyridine rings is 2. The molecule has 0 fully saturated rings. The lowest BCUT2D eigenvalue weighted by atomic mass is 9.90. The molecular weight excluding hydrogens is 380 g/mol. The van der Waals surface area contributed by atoms with Gasteiger partial charge < -0.3 is 34.6 Å². The molecule has 9 nitrogen and oxygen atoms in total. The molecule has 2 aromatic heterocycles. The van der Waals surface area contributed by atoms with Crippen molar-refractivity contribution in [2.45, 2.75) is 0 Å². The summed E-state index contributed by atoms with van der Waals surface area (Å²) in [4.78, 5) is 7.89. The Morgan fingerprint density at radius 1 is 0.655 bits per heavy atom. The van der Waals surface area contributed by atoms with Gasteiger partial charge in [0.25, 0.3) is 0 Å². The van der Waals surface area contributed by atoms with Gasteiger partial charge in [0.2, 0.25) is 0 Å². The Morgan fingerprint density at radius 3 is 1.38 bits per heavy atom. The second-order valence-corrected chi connectivity index (χ2v) is 7.08. The Hall–Kier alpha value is -2.30. The zero-order chi connectivity index (χ0) is 21.0. The Bertz CT molecular complexity index is 620. The van der Waals surface area contributed by atoms with Crippen molar-refractivity contribution >= 4 is 0 Å². The van der Waals surface area contributed by atoms with Crippen LogP contribution in [0.15, 0.2) is 49.1 Å². The molecule has 0 aromatic carbocycles. The van der Waals surface area contributed by atoms with Crippen molar-refractivity contribution in [1.29, 1.82) is 0 Å². The molecule has 0 unspecified atom stereocenters. The van der Waals surface area contributed by atoms with Gasteiger partial charge in [0.15, 0.2) is 0 Å². The quantitative estimate of drug-likeness (QED) is 0.338. The van der Waals surface area contributed by atoms with E-state index < -0.39 is 10.8 Å². The molecule has 0 saturated heterocycles. The monoisotopic (exact) mass is 408 g/mol. The standard InChI is InChI=1S/C20H28N2O7/c23-9-19(10-24,15-28-17-3-1-5-21-7-17)13-27-14-20(11-25,12-26)16-29-18-4-2-6-22-8-18/h1-8,23-26H,9-16H2. The highest BCUT2D eigenvalue weighted by molar-refractivity contribution is 5.16. The van der Waals surface area contributed by atoms with Gasteiger partial charge in [-0.05, 0) is 24.3 Å². The number of hydrogen-bond acceptors (Lipinski definition) is 9. The van der Waals surface area contributed by atoms with Gasteiger partial charge in [-0.2, -0.15) is 0 Å². The van der Waals surface area contributed by atoms with Crippen LogP contribution in [0, 0.1) is 10.8 Å². The summed E-state index contributed by atoms with van der Waals surface area (Å²) in [6.45, 7) is -1.58.